The number of aliphatic carboxylic acids is 1. The van der Waals surface area contributed by atoms with Gasteiger partial charge in [0.2, 0.25) is 0 Å². The van der Waals surface area contributed by atoms with Crippen LogP contribution in [0.3, 0.4) is 0 Å². The van der Waals surface area contributed by atoms with Crippen molar-refractivity contribution >= 4 is 5.97 Å². The summed E-state index contributed by atoms with van der Waals surface area (Å²) in [6.45, 7) is 3.30. The van der Waals surface area contributed by atoms with Gasteiger partial charge in [-0.3, -0.25) is 9.69 Å². The Labute approximate surface area is 101 Å². The van der Waals surface area contributed by atoms with Gasteiger partial charge in [0.05, 0.1) is 18.8 Å². The number of carboxylic acids is 1. The maximum atomic E-state index is 11.4. The van der Waals surface area contributed by atoms with Crippen molar-refractivity contribution in [2.45, 2.75) is 31.5 Å². The minimum absolute atomic E-state index is 0.321. The standard InChI is InChI=1S/C12H19NO4/c14-11(15)12(3-4-16-8-12)7-13-5-9-1-2-10(6-13)17-9/h9-10H,1-8H2,(H,14,15). The number of nitrogens with zero attached hydrogens (tertiary/aromatic N) is 1. The highest BCUT2D eigenvalue weighted by Crippen LogP contribution is 2.33. The van der Waals surface area contributed by atoms with Crippen LogP contribution in [-0.4, -0.2) is 61.0 Å². The molecule has 17 heavy (non-hydrogen) atoms. The smallest absolute Gasteiger partial charge is 0.313 e. The summed E-state index contributed by atoms with van der Waals surface area (Å²) in [5.41, 5.74) is -0.684. The Bertz CT molecular complexity index is 302. The first-order valence-electron chi connectivity index (χ1n) is 6.37. The molecule has 3 atom stereocenters. The summed E-state index contributed by atoms with van der Waals surface area (Å²) in [7, 11) is 0. The third kappa shape index (κ3) is 2.07. The number of hydrogen-bond donors (Lipinski definition) is 1. The average molecular weight is 241 g/mol. The summed E-state index contributed by atoms with van der Waals surface area (Å²) in [5.74, 6) is -0.714. The molecule has 2 bridgehead atoms. The Balaban J connectivity index is 1.67. The van der Waals surface area contributed by atoms with Gasteiger partial charge in [0, 0.05) is 26.2 Å². The normalized spacial score (nSPS) is 41.9. The topological polar surface area (TPSA) is 59.0 Å². The minimum Gasteiger partial charge on any atom is -0.481 e. The first kappa shape index (κ1) is 11.4. The molecule has 0 aromatic carbocycles. The van der Waals surface area contributed by atoms with E-state index in [0.29, 0.717) is 38.4 Å². The Kier molecular flexibility index (Phi) is 2.84. The highest BCUT2D eigenvalue weighted by Gasteiger charge is 2.45. The van der Waals surface area contributed by atoms with Crippen LogP contribution in [0.1, 0.15) is 19.3 Å². The van der Waals surface area contributed by atoms with Crippen molar-refractivity contribution in [2.75, 3.05) is 32.8 Å². The van der Waals surface area contributed by atoms with Crippen LogP contribution in [-0.2, 0) is 14.3 Å². The number of likely N-dealkylation sites (tertiary alicyclic amines) is 1. The summed E-state index contributed by atoms with van der Waals surface area (Å²) < 4.78 is 11.1. The van der Waals surface area contributed by atoms with Crippen LogP contribution < -0.4 is 0 Å². The lowest BCUT2D eigenvalue weighted by atomic mass is 9.86. The average Bonchev–Trinajstić information content (AvgIpc) is 2.87. The zero-order valence-corrected chi connectivity index (χ0v) is 9.93. The quantitative estimate of drug-likeness (QED) is 0.772. The van der Waals surface area contributed by atoms with Crippen molar-refractivity contribution in [3.8, 4) is 0 Å². The fourth-order valence-electron chi connectivity index (χ4n) is 3.22. The molecule has 3 fully saturated rings. The van der Waals surface area contributed by atoms with Gasteiger partial charge < -0.3 is 14.6 Å². The molecule has 5 nitrogen and oxygen atoms in total. The minimum atomic E-state index is -0.714. The second kappa shape index (κ2) is 4.23. The van der Waals surface area contributed by atoms with E-state index in [4.69, 9.17) is 9.47 Å². The molecule has 3 aliphatic rings. The summed E-state index contributed by atoms with van der Waals surface area (Å²) in [6.07, 6.45) is 3.52. The van der Waals surface area contributed by atoms with Crippen LogP contribution in [0.5, 0.6) is 0 Å². The van der Waals surface area contributed by atoms with Gasteiger partial charge in [-0.05, 0) is 19.3 Å². The fraction of sp³-hybridized carbons (Fsp3) is 0.917. The molecule has 0 aromatic heterocycles. The summed E-state index contributed by atoms with van der Waals surface area (Å²) in [4.78, 5) is 13.7. The van der Waals surface area contributed by atoms with E-state index in [-0.39, 0.29) is 0 Å². The van der Waals surface area contributed by atoms with Crippen LogP contribution in [0.4, 0.5) is 0 Å². The first-order valence-corrected chi connectivity index (χ1v) is 6.37. The maximum Gasteiger partial charge on any atom is 0.313 e. The molecule has 3 aliphatic heterocycles. The van der Waals surface area contributed by atoms with E-state index < -0.39 is 11.4 Å². The van der Waals surface area contributed by atoms with Gasteiger partial charge in [0.15, 0.2) is 0 Å². The lowest BCUT2D eigenvalue weighted by Crippen LogP contribution is -2.50. The number of rotatable bonds is 3. The first-order chi connectivity index (χ1) is 8.18. The molecule has 96 valence electrons. The van der Waals surface area contributed by atoms with E-state index in [0.717, 1.165) is 25.9 Å². The molecule has 0 aliphatic carbocycles. The molecule has 0 aromatic rings. The van der Waals surface area contributed by atoms with Crippen molar-refractivity contribution in [1.29, 1.82) is 0 Å². The van der Waals surface area contributed by atoms with E-state index in [1.807, 2.05) is 0 Å². The highest BCUT2D eigenvalue weighted by atomic mass is 16.5. The Hall–Kier alpha value is -0.650. The number of carboxylic acid groups (broad SMARTS) is 1. The van der Waals surface area contributed by atoms with Crippen LogP contribution in [0.2, 0.25) is 0 Å². The van der Waals surface area contributed by atoms with E-state index in [2.05, 4.69) is 4.90 Å². The van der Waals surface area contributed by atoms with E-state index in [9.17, 15) is 9.90 Å². The van der Waals surface area contributed by atoms with Gasteiger partial charge in [0.1, 0.15) is 5.41 Å². The molecule has 0 spiro atoms. The maximum absolute atomic E-state index is 11.4. The highest BCUT2D eigenvalue weighted by molar-refractivity contribution is 5.75. The monoisotopic (exact) mass is 241 g/mol. The van der Waals surface area contributed by atoms with Crippen LogP contribution in [0.25, 0.3) is 0 Å². The molecule has 3 heterocycles. The van der Waals surface area contributed by atoms with Crippen molar-refractivity contribution in [1.82, 2.24) is 4.90 Å². The predicted octanol–water partition coefficient (Wildman–Crippen LogP) is 0.341. The van der Waals surface area contributed by atoms with Crippen molar-refractivity contribution in [3.63, 3.8) is 0 Å². The number of morpholine rings is 1. The SMILES string of the molecule is O=C(O)C1(CN2CC3CCC(C2)O3)CCOC1. The number of carbonyl (C=O) groups is 1. The van der Waals surface area contributed by atoms with Gasteiger partial charge in [0.25, 0.3) is 0 Å². The summed E-state index contributed by atoms with van der Waals surface area (Å²) in [6, 6.07) is 0. The van der Waals surface area contributed by atoms with Gasteiger partial charge in [-0.1, -0.05) is 0 Å². The molecule has 5 heteroatoms. The van der Waals surface area contributed by atoms with Gasteiger partial charge in [-0.2, -0.15) is 0 Å². The molecular formula is C12H19NO4. The fourth-order valence-corrected chi connectivity index (χ4v) is 3.22. The number of fused-ring (bicyclic) bond motifs is 2. The largest absolute Gasteiger partial charge is 0.481 e. The number of hydrogen-bond acceptors (Lipinski definition) is 4. The zero-order valence-electron chi connectivity index (χ0n) is 9.93. The molecule has 3 saturated heterocycles. The molecule has 1 N–H and O–H groups in total. The molecule has 3 rings (SSSR count). The zero-order chi connectivity index (χ0) is 11.9. The summed E-state index contributed by atoms with van der Waals surface area (Å²) >= 11 is 0. The molecule has 0 radical (unpaired) electrons. The molecule has 3 unspecified atom stereocenters. The number of ether oxygens (including phenoxy) is 2. The van der Waals surface area contributed by atoms with Gasteiger partial charge >= 0.3 is 5.97 Å². The molecular weight excluding hydrogens is 222 g/mol. The predicted molar refractivity (Wildman–Crippen MR) is 59.8 cm³/mol. The van der Waals surface area contributed by atoms with Crippen LogP contribution >= 0.6 is 0 Å². The lowest BCUT2D eigenvalue weighted by Gasteiger charge is -2.36. The Morgan fingerprint density at radius 3 is 2.59 bits per heavy atom. The van der Waals surface area contributed by atoms with Crippen molar-refractivity contribution < 1.29 is 19.4 Å². The third-order valence-electron chi connectivity index (χ3n) is 4.20. The Morgan fingerprint density at radius 1 is 1.35 bits per heavy atom. The van der Waals surface area contributed by atoms with Gasteiger partial charge in [-0.15, -0.1) is 0 Å². The second-order valence-electron chi connectivity index (χ2n) is 5.54. The van der Waals surface area contributed by atoms with Gasteiger partial charge in [-0.25, -0.2) is 0 Å². The molecule has 0 saturated carbocycles. The van der Waals surface area contributed by atoms with E-state index in [1.165, 1.54) is 0 Å². The molecule has 0 amide bonds. The van der Waals surface area contributed by atoms with Crippen LogP contribution in [0, 0.1) is 5.41 Å². The third-order valence-corrected chi connectivity index (χ3v) is 4.20. The van der Waals surface area contributed by atoms with Crippen molar-refractivity contribution in [2.24, 2.45) is 5.41 Å². The lowest BCUT2D eigenvalue weighted by molar-refractivity contribution is -0.151. The van der Waals surface area contributed by atoms with E-state index >= 15 is 0 Å². The van der Waals surface area contributed by atoms with Crippen molar-refractivity contribution in [3.05, 3.63) is 0 Å². The Morgan fingerprint density at radius 2 is 2.06 bits per heavy atom. The second-order valence-corrected chi connectivity index (χ2v) is 5.54. The van der Waals surface area contributed by atoms with Crippen LogP contribution in [0.15, 0.2) is 0 Å². The van der Waals surface area contributed by atoms with E-state index in [1.54, 1.807) is 0 Å². The summed E-state index contributed by atoms with van der Waals surface area (Å²) in [5, 5.41) is 9.40.